The lowest BCUT2D eigenvalue weighted by Crippen LogP contribution is -2.25. The van der Waals surface area contributed by atoms with Crippen LogP contribution in [0.3, 0.4) is 0 Å². The highest BCUT2D eigenvalue weighted by molar-refractivity contribution is 7.89. The highest BCUT2D eigenvalue weighted by atomic mass is 35.5. The van der Waals surface area contributed by atoms with Gasteiger partial charge < -0.3 is 0 Å². The Morgan fingerprint density at radius 1 is 0.533 bits per heavy atom. The van der Waals surface area contributed by atoms with Crippen LogP contribution in [-0.2, 0) is 20.0 Å². The predicted octanol–water partition coefficient (Wildman–Crippen LogP) is 4.59. The summed E-state index contributed by atoms with van der Waals surface area (Å²) in [5.41, 5.74) is 0. The summed E-state index contributed by atoms with van der Waals surface area (Å²) in [5, 5.41) is 0.985. The lowest BCUT2D eigenvalue weighted by molar-refractivity contribution is 0.556. The van der Waals surface area contributed by atoms with E-state index in [0.717, 1.165) is 38.5 Å². The maximum absolute atomic E-state index is 12.1. The highest BCUT2D eigenvalue weighted by Gasteiger charge is 2.13. The molecular weight excluding hydrogens is 467 g/mol. The van der Waals surface area contributed by atoms with E-state index in [0.29, 0.717) is 23.1 Å². The lowest BCUT2D eigenvalue weighted by atomic mass is 10.1. The van der Waals surface area contributed by atoms with Gasteiger partial charge in [0.1, 0.15) is 0 Å². The van der Waals surface area contributed by atoms with Crippen LogP contribution < -0.4 is 9.44 Å². The summed E-state index contributed by atoms with van der Waals surface area (Å²) in [6.07, 6.45) is 5.23. The third-order valence-corrected chi connectivity index (χ3v) is 7.89. The molecule has 0 aliphatic heterocycles. The van der Waals surface area contributed by atoms with Gasteiger partial charge in [-0.1, -0.05) is 48.9 Å². The number of benzene rings is 2. The maximum Gasteiger partial charge on any atom is 0.240 e. The number of unbranched alkanes of at least 4 members (excludes halogenated alkanes) is 5. The number of halogens is 2. The van der Waals surface area contributed by atoms with Gasteiger partial charge in [-0.15, -0.1) is 0 Å². The van der Waals surface area contributed by atoms with Crippen LogP contribution in [0, 0.1) is 0 Å². The van der Waals surface area contributed by atoms with Crippen molar-refractivity contribution in [2.75, 3.05) is 13.1 Å². The number of rotatable bonds is 13. The van der Waals surface area contributed by atoms with Gasteiger partial charge in [-0.05, 0) is 61.4 Å². The van der Waals surface area contributed by atoms with E-state index in [1.54, 1.807) is 24.3 Å². The average Bonchev–Trinajstić information content (AvgIpc) is 2.70. The molecule has 2 aromatic carbocycles. The Bertz CT molecular complexity index is 911. The Kier molecular flexibility index (Phi) is 10.1. The fraction of sp³-hybridized carbons (Fsp3) is 0.400. The van der Waals surface area contributed by atoms with Crippen molar-refractivity contribution in [1.29, 1.82) is 0 Å². The molecule has 0 saturated carbocycles. The lowest BCUT2D eigenvalue weighted by Gasteiger charge is -2.08. The molecule has 2 aromatic rings. The fourth-order valence-corrected chi connectivity index (χ4v) is 5.16. The van der Waals surface area contributed by atoms with Crippen LogP contribution in [0.2, 0.25) is 10.0 Å². The quantitative estimate of drug-likeness (QED) is 0.399. The first-order valence-corrected chi connectivity index (χ1v) is 13.4. The van der Waals surface area contributed by atoms with Crippen LogP contribution in [-0.4, -0.2) is 29.9 Å². The first kappa shape index (κ1) is 25.1. The molecule has 0 fully saturated rings. The van der Waals surface area contributed by atoms with Gasteiger partial charge >= 0.3 is 0 Å². The molecule has 166 valence electrons. The van der Waals surface area contributed by atoms with Crippen molar-refractivity contribution in [3.05, 3.63) is 58.6 Å². The van der Waals surface area contributed by atoms with Gasteiger partial charge in [0.15, 0.2) is 0 Å². The minimum absolute atomic E-state index is 0.202. The molecule has 0 bridgehead atoms. The molecule has 0 amide bonds. The molecule has 0 radical (unpaired) electrons. The van der Waals surface area contributed by atoms with Gasteiger partial charge in [0.25, 0.3) is 0 Å². The second-order valence-electron chi connectivity index (χ2n) is 6.82. The Hall–Kier alpha value is -1.16. The van der Waals surface area contributed by atoms with Crippen LogP contribution in [0.15, 0.2) is 58.3 Å². The Morgan fingerprint density at radius 2 is 0.833 bits per heavy atom. The molecule has 0 atom stereocenters. The molecule has 0 saturated heterocycles. The van der Waals surface area contributed by atoms with E-state index in [1.165, 1.54) is 24.3 Å². The van der Waals surface area contributed by atoms with E-state index in [2.05, 4.69) is 9.44 Å². The third-order valence-electron chi connectivity index (χ3n) is 4.44. The summed E-state index contributed by atoms with van der Waals surface area (Å²) in [4.78, 5) is 0.404. The van der Waals surface area contributed by atoms with Crippen molar-refractivity contribution < 1.29 is 16.8 Å². The van der Waals surface area contributed by atoms with Crippen LogP contribution in [0.4, 0.5) is 0 Å². The van der Waals surface area contributed by atoms with Crippen molar-refractivity contribution in [2.45, 2.75) is 48.3 Å². The molecule has 0 unspecified atom stereocenters. The first-order chi connectivity index (χ1) is 14.2. The van der Waals surface area contributed by atoms with E-state index in [9.17, 15) is 16.8 Å². The summed E-state index contributed by atoms with van der Waals surface area (Å²) in [6, 6.07) is 12.1. The van der Waals surface area contributed by atoms with Gasteiger partial charge in [-0.3, -0.25) is 0 Å². The minimum Gasteiger partial charge on any atom is -0.211 e. The number of sulfonamides is 2. The first-order valence-electron chi connectivity index (χ1n) is 9.71. The topological polar surface area (TPSA) is 92.3 Å². The van der Waals surface area contributed by atoms with Crippen molar-refractivity contribution in [2.24, 2.45) is 0 Å². The van der Waals surface area contributed by atoms with Gasteiger partial charge in [-0.2, -0.15) is 0 Å². The summed E-state index contributed by atoms with van der Waals surface area (Å²) in [6.45, 7) is 0.762. The average molecular weight is 493 g/mol. The summed E-state index contributed by atoms with van der Waals surface area (Å²) in [5.74, 6) is 0. The van der Waals surface area contributed by atoms with E-state index < -0.39 is 20.0 Å². The molecule has 0 aliphatic rings. The fourth-order valence-electron chi connectivity index (χ4n) is 2.76. The largest absolute Gasteiger partial charge is 0.240 e. The van der Waals surface area contributed by atoms with Gasteiger partial charge in [0.05, 0.1) is 9.79 Å². The molecule has 10 heteroatoms. The van der Waals surface area contributed by atoms with E-state index in [4.69, 9.17) is 23.2 Å². The van der Waals surface area contributed by atoms with Gasteiger partial charge in [-0.25, -0.2) is 26.3 Å². The summed E-state index contributed by atoms with van der Waals surface area (Å²) in [7, 11) is -7.00. The predicted molar refractivity (Wildman–Crippen MR) is 121 cm³/mol. The summed E-state index contributed by atoms with van der Waals surface area (Å²) < 4.78 is 53.7. The smallest absolute Gasteiger partial charge is 0.211 e. The number of hydrogen-bond acceptors (Lipinski definition) is 4. The SMILES string of the molecule is O=S(=O)(NCCCCCCCCNS(=O)(=O)c1ccc(Cl)cc1)c1ccc(Cl)cc1. The highest BCUT2D eigenvalue weighted by Crippen LogP contribution is 2.15. The van der Waals surface area contributed by atoms with Crippen LogP contribution in [0.1, 0.15) is 38.5 Å². The molecular formula is C20H26Cl2N2O4S2. The van der Waals surface area contributed by atoms with Crippen molar-refractivity contribution in [1.82, 2.24) is 9.44 Å². The van der Waals surface area contributed by atoms with Gasteiger partial charge in [0.2, 0.25) is 20.0 Å². The Labute approximate surface area is 189 Å². The molecule has 0 aromatic heterocycles. The summed E-state index contributed by atoms with van der Waals surface area (Å²) >= 11 is 11.5. The molecule has 0 heterocycles. The van der Waals surface area contributed by atoms with Gasteiger partial charge in [0, 0.05) is 23.1 Å². The van der Waals surface area contributed by atoms with E-state index >= 15 is 0 Å². The zero-order chi connectivity index (χ0) is 22.0. The molecule has 6 nitrogen and oxygen atoms in total. The molecule has 0 spiro atoms. The van der Waals surface area contributed by atoms with E-state index in [-0.39, 0.29) is 9.79 Å². The normalized spacial score (nSPS) is 12.2. The third kappa shape index (κ3) is 8.53. The molecule has 2 rings (SSSR count). The van der Waals surface area contributed by atoms with Crippen LogP contribution in [0.5, 0.6) is 0 Å². The van der Waals surface area contributed by atoms with Crippen LogP contribution in [0.25, 0.3) is 0 Å². The number of hydrogen-bond donors (Lipinski definition) is 2. The number of nitrogens with one attached hydrogen (secondary N) is 2. The zero-order valence-corrected chi connectivity index (χ0v) is 19.6. The van der Waals surface area contributed by atoms with Crippen molar-refractivity contribution in [3.8, 4) is 0 Å². The van der Waals surface area contributed by atoms with Crippen molar-refractivity contribution >= 4 is 43.2 Å². The zero-order valence-electron chi connectivity index (χ0n) is 16.5. The maximum atomic E-state index is 12.1. The monoisotopic (exact) mass is 492 g/mol. The second kappa shape index (κ2) is 12.0. The van der Waals surface area contributed by atoms with Crippen LogP contribution >= 0.6 is 23.2 Å². The standard InChI is InChI=1S/C20H26Cl2N2O4S2/c21-17-7-11-19(12-8-17)29(25,26)23-15-5-3-1-2-4-6-16-24-30(27,28)20-13-9-18(22)10-14-20/h7-14,23-24H,1-6,15-16H2. The Balaban J connectivity index is 1.54. The molecule has 30 heavy (non-hydrogen) atoms. The van der Waals surface area contributed by atoms with E-state index in [1.807, 2.05) is 0 Å². The minimum atomic E-state index is -3.50. The molecule has 2 N–H and O–H groups in total. The second-order valence-corrected chi connectivity index (χ2v) is 11.2. The molecule has 0 aliphatic carbocycles. The van der Waals surface area contributed by atoms with Crippen molar-refractivity contribution in [3.63, 3.8) is 0 Å². The Morgan fingerprint density at radius 3 is 1.17 bits per heavy atom.